The average molecular weight is 209 g/mol. The molecule has 0 amide bonds. The standard InChI is InChI=1S/C9H9ClN4/c1-6-8(10)9(11)14(13-6)7-2-4-12-5-3-7/h2-5H,11H2,1H3. The van der Waals surface area contributed by atoms with Crippen LogP contribution in [0.15, 0.2) is 24.5 Å². The second-order valence-corrected chi connectivity index (χ2v) is 3.28. The van der Waals surface area contributed by atoms with Gasteiger partial charge in [0.15, 0.2) is 0 Å². The quantitative estimate of drug-likeness (QED) is 0.778. The molecule has 2 heterocycles. The molecule has 0 unspecified atom stereocenters. The van der Waals surface area contributed by atoms with E-state index in [0.717, 1.165) is 11.4 Å². The maximum atomic E-state index is 5.92. The van der Waals surface area contributed by atoms with Crippen LogP contribution in [-0.2, 0) is 0 Å². The van der Waals surface area contributed by atoms with Crippen molar-refractivity contribution in [3.63, 3.8) is 0 Å². The van der Waals surface area contributed by atoms with E-state index >= 15 is 0 Å². The lowest BCUT2D eigenvalue weighted by Crippen LogP contribution is -2.01. The number of nitrogens with zero attached hydrogens (tertiary/aromatic N) is 3. The molecule has 0 bridgehead atoms. The Labute approximate surface area is 86.3 Å². The Kier molecular flexibility index (Phi) is 2.13. The number of aromatic nitrogens is 3. The molecule has 0 saturated carbocycles. The third kappa shape index (κ3) is 1.33. The topological polar surface area (TPSA) is 56.7 Å². The summed E-state index contributed by atoms with van der Waals surface area (Å²) in [4.78, 5) is 3.91. The van der Waals surface area contributed by atoms with Crippen molar-refractivity contribution in [1.82, 2.24) is 14.8 Å². The van der Waals surface area contributed by atoms with Gasteiger partial charge in [0.05, 0.1) is 11.4 Å². The second-order valence-electron chi connectivity index (χ2n) is 2.90. The van der Waals surface area contributed by atoms with E-state index in [9.17, 15) is 0 Å². The van der Waals surface area contributed by atoms with Gasteiger partial charge in [0, 0.05) is 12.4 Å². The lowest BCUT2D eigenvalue weighted by Gasteiger charge is -2.01. The van der Waals surface area contributed by atoms with Crippen molar-refractivity contribution in [2.24, 2.45) is 0 Å². The zero-order valence-electron chi connectivity index (χ0n) is 7.61. The van der Waals surface area contributed by atoms with Crippen LogP contribution in [0.2, 0.25) is 5.02 Å². The summed E-state index contributed by atoms with van der Waals surface area (Å²) in [5, 5.41) is 4.71. The summed E-state index contributed by atoms with van der Waals surface area (Å²) in [6, 6.07) is 3.64. The molecule has 5 heteroatoms. The smallest absolute Gasteiger partial charge is 0.146 e. The van der Waals surface area contributed by atoms with Crippen molar-refractivity contribution in [3.05, 3.63) is 35.2 Å². The van der Waals surface area contributed by atoms with Gasteiger partial charge in [0.25, 0.3) is 0 Å². The lowest BCUT2D eigenvalue weighted by atomic mass is 10.4. The first kappa shape index (κ1) is 9.02. The zero-order valence-corrected chi connectivity index (χ0v) is 8.36. The highest BCUT2D eigenvalue weighted by Crippen LogP contribution is 2.24. The summed E-state index contributed by atoms with van der Waals surface area (Å²) in [7, 11) is 0. The largest absolute Gasteiger partial charge is 0.382 e. The zero-order chi connectivity index (χ0) is 10.1. The molecule has 4 nitrogen and oxygen atoms in total. The predicted octanol–water partition coefficient (Wildman–Crippen LogP) is 1.81. The fourth-order valence-electron chi connectivity index (χ4n) is 1.21. The Morgan fingerprint density at radius 3 is 2.50 bits per heavy atom. The minimum Gasteiger partial charge on any atom is -0.382 e. The summed E-state index contributed by atoms with van der Waals surface area (Å²) in [5.41, 5.74) is 7.36. The maximum Gasteiger partial charge on any atom is 0.146 e. The molecule has 0 aliphatic rings. The van der Waals surface area contributed by atoms with Crippen molar-refractivity contribution < 1.29 is 0 Å². The van der Waals surface area contributed by atoms with Gasteiger partial charge in [-0.1, -0.05) is 11.6 Å². The molecule has 0 radical (unpaired) electrons. The van der Waals surface area contributed by atoms with E-state index in [2.05, 4.69) is 10.1 Å². The third-order valence-corrected chi connectivity index (χ3v) is 2.40. The third-order valence-electron chi connectivity index (χ3n) is 1.93. The Hall–Kier alpha value is -1.55. The van der Waals surface area contributed by atoms with Gasteiger partial charge in [0.1, 0.15) is 10.8 Å². The van der Waals surface area contributed by atoms with Crippen LogP contribution in [0.3, 0.4) is 0 Å². The fourth-order valence-corrected chi connectivity index (χ4v) is 1.33. The highest BCUT2D eigenvalue weighted by Gasteiger charge is 2.10. The first-order chi connectivity index (χ1) is 6.70. The molecule has 2 aromatic rings. The number of aryl methyl sites for hydroxylation is 1. The van der Waals surface area contributed by atoms with E-state index in [0.29, 0.717) is 10.8 Å². The molecular formula is C9H9ClN4. The summed E-state index contributed by atoms with van der Waals surface area (Å²) in [6.07, 6.45) is 3.36. The Bertz CT molecular complexity index is 449. The first-order valence-corrected chi connectivity index (χ1v) is 4.49. The minimum absolute atomic E-state index is 0.454. The van der Waals surface area contributed by atoms with E-state index < -0.39 is 0 Å². The van der Waals surface area contributed by atoms with Crippen LogP contribution in [0.1, 0.15) is 5.69 Å². The van der Waals surface area contributed by atoms with Crippen LogP contribution in [0.25, 0.3) is 5.69 Å². The van der Waals surface area contributed by atoms with Crippen LogP contribution >= 0.6 is 11.6 Å². The van der Waals surface area contributed by atoms with Crippen molar-refractivity contribution >= 4 is 17.4 Å². The summed E-state index contributed by atoms with van der Waals surface area (Å²) in [5.74, 6) is 0.454. The molecule has 0 fully saturated rings. The number of anilines is 1. The molecule has 0 saturated heterocycles. The monoisotopic (exact) mass is 208 g/mol. The molecule has 2 aromatic heterocycles. The van der Waals surface area contributed by atoms with E-state index in [4.69, 9.17) is 17.3 Å². The Balaban J connectivity index is 2.58. The number of hydrogen-bond donors (Lipinski definition) is 1. The summed E-state index contributed by atoms with van der Waals surface area (Å²) < 4.78 is 1.60. The molecule has 0 atom stereocenters. The number of halogens is 1. The second kappa shape index (κ2) is 3.31. The minimum atomic E-state index is 0.454. The Morgan fingerprint density at radius 2 is 2.00 bits per heavy atom. The van der Waals surface area contributed by atoms with Crippen LogP contribution in [0.4, 0.5) is 5.82 Å². The van der Waals surface area contributed by atoms with Gasteiger partial charge in [-0.15, -0.1) is 0 Å². The van der Waals surface area contributed by atoms with Gasteiger partial charge in [-0.25, -0.2) is 4.68 Å². The summed E-state index contributed by atoms with van der Waals surface area (Å²) >= 11 is 5.92. The number of nitrogens with two attached hydrogens (primary N) is 1. The van der Waals surface area contributed by atoms with Gasteiger partial charge in [0.2, 0.25) is 0 Å². The Morgan fingerprint density at radius 1 is 1.36 bits per heavy atom. The summed E-state index contributed by atoms with van der Waals surface area (Å²) in [6.45, 7) is 1.82. The van der Waals surface area contributed by atoms with Crippen molar-refractivity contribution in [1.29, 1.82) is 0 Å². The predicted molar refractivity (Wildman–Crippen MR) is 55.5 cm³/mol. The SMILES string of the molecule is Cc1nn(-c2ccncc2)c(N)c1Cl. The van der Waals surface area contributed by atoms with Gasteiger partial charge in [-0.3, -0.25) is 4.98 Å². The molecule has 2 N–H and O–H groups in total. The van der Waals surface area contributed by atoms with Gasteiger partial charge < -0.3 is 5.73 Å². The van der Waals surface area contributed by atoms with Crippen LogP contribution in [0.5, 0.6) is 0 Å². The van der Waals surface area contributed by atoms with E-state index in [-0.39, 0.29) is 0 Å². The normalized spacial score (nSPS) is 10.4. The molecule has 0 aliphatic carbocycles. The highest BCUT2D eigenvalue weighted by atomic mass is 35.5. The van der Waals surface area contributed by atoms with Crippen LogP contribution < -0.4 is 5.73 Å². The van der Waals surface area contributed by atoms with Crippen molar-refractivity contribution in [3.8, 4) is 5.69 Å². The lowest BCUT2D eigenvalue weighted by molar-refractivity contribution is 0.869. The fraction of sp³-hybridized carbons (Fsp3) is 0.111. The van der Waals surface area contributed by atoms with Gasteiger partial charge in [-0.2, -0.15) is 5.10 Å². The molecule has 72 valence electrons. The molecule has 2 rings (SSSR count). The molecular weight excluding hydrogens is 200 g/mol. The van der Waals surface area contributed by atoms with Crippen molar-refractivity contribution in [2.75, 3.05) is 5.73 Å². The molecule has 14 heavy (non-hydrogen) atoms. The molecule has 0 spiro atoms. The first-order valence-electron chi connectivity index (χ1n) is 4.11. The average Bonchev–Trinajstić information content (AvgIpc) is 2.47. The number of rotatable bonds is 1. The van der Waals surface area contributed by atoms with E-state index in [1.54, 1.807) is 17.1 Å². The maximum absolute atomic E-state index is 5.92. The number of nitrogen functional groups attached to an aromatic ring is 1. The van der Waals surface area contributed by atoms with Gasteiger partial charge >= 0.3 is 0 Å². The number of hydrogen-bond acceptors (Lipinski definition) is 3. The van der Waals surface area contributed by atoms with Crippen LogP contribution in [-0.4, -0.2) is 14.8 Å². The molecule has 0 aromatic carbocycles. The van der Waals surface area contributed by atoms with Crippen LogP contribution in [0, 0.1) is 6.92 Å². The number of pyridine rings is 1. The van der Waals surface area contributed by atoms with E-state index in [1.807, 2.05) is 19.1 Å². The highest BCUT2D eigenvalue weighted by molar-refractivity contribution is 6.33. The van der Waals surface area contributed by atoms with Crippen molar-refractivity contribution in [2.45, 2.75) is 6.92 Å². The van der Waals surface area contributed by atoms with E-state index in [1.165, 1.54) is 0 Å². The van der Waals surface area contributed by atoms with Gasteiger partial charge in [-0.05, 0) is 19.1 Å². The molecule has 0 aliphatic heterocycles.